The van der Waals surface area contributed by atoms with Gasteiger partial charge in [0, 0.05) is 18.7 Å². The number of carbonyl (C=O) groups excluding carboxylic acids is 1. The molecule has 0 aromatic heterocycles. The van der Waals surface area contributed by atoms with Crippen molar-refractivity contribution in [1.29, 1.82) is 0 Å². The number of nitrogens with zero attached hydrogens (tertiary/aromatic N) is 1. The fourth-order valence-corrected chi connectivity index (χ4v) is 2.79. The lowest BCUT2D eigenvalue weighted by atomic mass is 9.87. The van der Waals surface area contributed by atoms with E-state index in [1.165, 1.54) is 18.2 Å². The van der Waals surface area contributed by atoms with Crippen molar-refractivity contribution >= 4 is 29.0 Å². The van der Waals surface area contributed by atoms with Crippen LogP contribution >= 0.6 is 11.6 Å². The number of anilines is 1. The number of halogens is 1. The van der Waals surface area contributed by atoms with Gasteiger partial charge in [0.2, 0.25) is 0 Å². The van der Waals surface area contributed by atoms with Crippen LogP contribution in [-0.2, 0) is 0 Å². The van der Waals surface area contributed by atoms with Gasteiger partial charge in [-0.3, -0.25) is 10.1 Å². The number of nitro groups is 1. The highest BCUT2D eigenvalue weighted by Gasteiger charge is 2.20. The molecule has 1 aliphatic rings. The molecule has 7 nitrogen and oxygen atoms in total. The summed E-state index contributed by atoms with van der Waals surface area (Å²) in [6, 6.07) is 3.44. The van der Waals surface area contributed by atoms with Crippen molar-refractivity contribution in [3.63, 3.8) is 0 Å². The van der Waals surface area contributed by atoms with Gasteiger partial charge in [0.15, 0.2) is 0 Å². The number of rotatable bonds is 4. The second-order valence-corrected chi connectivity index (χ2v) is 5.85. The summed E-state index contributed by atoms with van der Waals surface area (Å²) in [6.45, 7) is 0.480. The highest BCUT2D eigenvalue weighted by molar-refractivity contribution is 6.33. The van der Waals surface area contributed by atoms with E-state index >= 15 is 0 Å². The van der Waals surface area contributed by atoms with Crippen molar-refractivity contribution in [2.45, 2.75) is 31.8 Å². The Morgan fingerprint density at radius 2 is 2.23 bits per heavy atom. The molecule has 2 atom stereocenters. The third-order valence-corrected chi connectivity index (χ3v) is 4.03. The normalized spacial score (nSPS) is 21.2. The molecule has 0 heterocycles. The van der Waals surface area contributed by atoms with Gasteiger partial charge < -0.3 is 15.7 Å². The number of urea groups is 1. The molecule has 1 fully saturated rings. The lowest BCUT2D eigenvalue weighted by Gasteiger charge is -2.25. The number of amides is 2. The minimum absolute atomic E-state index is 0.109. The molecule has 1 aliphatic carbocycles. The number of aliphatic hydroxyl groups is 1. The van der Waals surface area contributed by atoms with Crippen molar-refractivity contribution < 1.29 is 14.8 Å². The Kier molecular flexibility index (Phi) is 5.57. The van der Waals surface area contributed by atoms with E-state index in [-0.39, 0.29) is 22.7 Å². The topological polar surface area (TPSA) is 104 Å². The van der Waals surface area contributed by atoms with Gasteiger partial charge in [-0.1, -0.05) is 18.0 Å². The summed E-state index contributed by atoms with van der Waals surface area (Å²) in [4.78, 5) is 21.9. The van der Waals surface area contributed by atoms with Crippen molar-refractivity contribution in [2.75, 3.05) is 11.9 Å². The lowest BCUT2D eigenvalue weighted by molar-refractivity contribution is -0.384. The summed E-state index contributed by atoms with van der Waals surface area (Å²) in [5.74, 6) is 0.266. The maximum atomic E-state index is 11.8. The molecule has 8 heteroatoms. The second-order valence-electron chi connectivity index (χ2n) is 5.44. The molecule has 0 aliphatic heterocycles. The van der Waals surface area contributed by atoms with Crippen LogP contribution in [0.1, 0.15) is 25.7 Å². The Hall–Kier alpha value is -1.86. The monoisotopic (exact) mass is 327 g/mol. The Morgan fingerprint density at radius 1 is 1.45 bits per heavy atom. The van der Waals surface area contributed by atoms with Crippen LogP contribution in [-0.4, -0.2) is 28.7 Å². The van der Waals surface area contributed by atoms with Crippen molar-refractivity contribution in [3.05, 3.63) is 33.3 Å². The van der Waals surface area contributed by atoms with E-state index < -0.39 is 11.0 Å². The Morgan fingerprint density at radius 3 is 2.86 bits per heavy atom. The molecule has 0 saturated heterocycles. The summed E-state index contributed by atoms with van der Waals surface area (Å²) < 4.78 is 0. The van der Waals surface area contributed by atoms with Gasteiger partial charge in [-0.2, -0.15) is 0 Å². The summed E-state index contributed by atoms with van der Waals surface area (Å²) in [5, 5.41) is 25.6. The predicted octanol–water partition coefficient (Wildman–Crippen LogP) is 2.92. The molecule has 22 heavy (non-hydrogen) atoms. The minimum Gasteiger partial charge on any atom is -0.393 e. The van der Waals surface area contributed by atoms with Gasteiger partial charge in [-0.05, 0) is 31.2 Å². The third-order valence-electron chi connectivity index (χ3n) is 3.72. The Bertz CT molecular complexity index is 567. The zero-order valence-corrected chi connectivity index (χ0v) is 12.7. The van der Waals surface area contributed by atoms with Crippen LogP contribution in [0, 0.1) is 16.0 Å². The molecule has 1 aromatic carbocycles. The first-order chi connectivity index (χ1) is 10.5. The average molecular weight is 328 g/mol. The molecule has 2 unspecified atom stereocenters. The van der Waals surface area contributed by atoms with Gasteiger partial charge in [-0.15, -0.1) is 0 Å². The van der Waals surface area contributed by atoms with Crippen LogP contribution < -0.4 is 10.6 Å². The van der Waals surface area contributed by atoms with Gasteiger partial charge in [0.25, 0.3) is 5.69 Å². The number of non-ortho nitro benzene ring substituents is 1. The van der Waals surface area contributed by atoms with Gasteiger partial charge in [0.05, 0.1) is 21.7 Å². The van der Waals surface area contributed by atoms with Crippen LogP contribution in [0.4, 0.5) is 16.2 Å². The number of hydrogen-bond acceptors (Lipinski definition) is 4. The zero-order chi connectivity index (χ0) is 16.1. The molecular weight excluding hydrogens is 310 g/mol. The van der Waals surface area contributed by atoms with E-state index in [1.54, 1.807) is 0 Å². The first-order valence-electron chi connectivity index (χ1n) is 7.12. The maximum absolute atomic E-state index is 11.8. The number of aliphatic hydroxyl groups excluding tert-OH is 1. The molecule has 2 amide bonds. The van der Waals surface area contributed by atoms with Crippen LogP contribution in [0.25, 0.3) is 0 Å². The molecular formula is C14H18ClN3O4. The first-order valence-corrected chi connectivity index (χ1v) is 7.50. The maximum Gasteiger partial charge on any atom is 0.319 e. The van der Waals surface area contributed by atoms with E-state index in [9.17, 15) is 20.0 Å². The molecule has 1 saturated carbocycles. The van der Waals surface area contributed by atoms with E-state index in [4.69, 9.17) is 11.6 Å². The summed E-state index contributed by atoms with van der Waals surface area (Å²) in [6.07, 6.45) is 3.17. The van der Waals surface area contributed by atoms with Crippen molar-refractivity contribution in [1.82, 2.24) is 5.32 Å². The molecule has 0 radical (unpaired) electrons. The molecule has 3 N–H and O–H groups in total. The molecule has 120 valence electrons. The highest BCUT2D eigenvalue weighted by Crippen LogP contribution is 2.27. The Balaban J connectivity index is 1.85. The molecule has 1 aromatic rings. The van der Waals surface area contributed by atoms with Gasteiger partial charge >= 0.3 is 6.03 Å². The lowest BCUT2D eigenvalue weighted by Crippen LogP contribution is -2.35. The van der Waals surface area contributed by atoms with Crippen LogP contribution in [0.5, 0.6) is 0 Å². The van der Waals surface area contributed by atoms with E-state index in [0.29, 0.717) is 18.7 Å². The second kappa shape index (κ2) is 7.42. The Labute approximate surface area is 132 Å². The van der Waals surface area contributed by atoms with Gasteiger partial charge in [-0.25, -0.2) is 4.79 Å². The van der Waals surface area contributed by atoms with Crippen molar-refractivity contribution in [2.24, 2.45) is 5.92 Å². The molecule has 0 bridgehead atoms. The summed E-state index contributed by atoms with van der Waals surface area (Å²) >= 11 is 5.91. The summed E-state index contributed by atoms with van der Waals surface area (Å²) in [5.41, 5.74) is 0.181. The average Bonchev–Trinajstić information content (AvgIpc) is 2.47. The summed E-state index contributed by atoms with van der Waals surface area (Å²) in [7, 11) is 0. The third kappa shape index (κ3) is 4.57. The van der Waals surface area contributed by atoms with E-state index in [2.05, 4.69) is 10.6 Å². The molecule has 2 rings (SSSR count). The van der Waals surface area contributed by atoms with Crippen molar-refractivity contribution in [3.8, 4) is 0 Å². The van der Waals surface area contributed by atoms with E-state index in [0.717, 1.165) is 19.3 Å². The largest absolute Gasteiger partial charge is 0.393 e. The first kappa shape index (κ1) is 16.5. The van der Waals surface area contributed by atoms with Gasteiger partial charge in [0.1, 0.15) is 0 Å². The minimum atomic E-state index is -0.551. The van der Waals surface area contributed by atoms with Crippen LogP contribution in [0.2, 0.25) is 5.02 Å². The molecule has 0 spiro atoms. The number of benzene rings is 1. The fourth-order valence-electron chi connectivity index (χ4n) is 2.57. The van der Waals surface area contributed by atoms with Crippen LogP contribution in [0.15, 0.2) is 18.2 Å². The smallest absolute Gasteiger partial charge is 0.319 e. The number of carbonyl (C=O) groups is 1. The van der Waals surface area contributed by atoms with E-state index in [1.807, 2.05) is 0 Å². The number of hydrogen-bond donors (Lipinski definition) is 3. The number of nitro benzene ring substituents is 1. The highest BCUT2D eigenvalue weighted by atomic mass is 35.5. The zero-order valence-electron chi connectivity index (χ0n) is 11.9. The SMILES string of the molecule is O=C(NCC1CCCC(O)C1)Nc1ccc([N+](=O)[O-])cc1Cl. The van der Waals surface area contributed by atoms with Crippen LogP contribution in [0.3, 0.4) is 0 Å². The number of nitrogens with one attached hydrogen (secondary N) is 2. The predicted molar refractivity (Wildman–Crippen MR) is 83.1 cm³/mol. The fraction of sp³-hybridized carbons (Fsp3) is 0.500. The standard InChI is InChI=1S/C14H18ClN3O4/c15-12-7-10(18(21)22)4-5-13(12)17-14(20)16-8-9-2-1-3-11(19)6-9/h4-5,7,9,11,19H,1-3,6,8H2,(H2,16,17,20). The quantitative estimate of drug-likeness (QED) is 0.584.